The van der Waals surface area contributed by atoms with Crippen molar-refractivity contribution in [3.8, 4) is 0 Å². The number of para-hydroxylation sites is 1. The van der Waals surface area contributed by atoms with Gasteiger partial charge in [-0.3, -0.25) is 4.79 Å². The van der Waals surface area contributed by atoms with Gasteiger partial charge in [0.05, 0.1) is 11.3 Å². The molecular weight excluding hydrogens is 394 g/mol. The fourth-order valence-corrected chi connectivity index (χ4v) is 3.83. The summed E-state index contributed by atoms with van der Waals surface area (Å²) in [5.74, 6) is 0.0371. The standard InChI is InChI=1S/C20H18ClN5OS/c1-3-26-16-7-5-4-6-14(16)18-19(26)23-20(25-24-18)28-11-17(27)22-13-9-8-12(2)15(21)10-13/h4-10H,3,11H2,1-2H3,(H,22,27). The van der Waals surface area contributed by atoms with Crippen molar-refractivity contribution in [1.29, 1.82) is 0 Å². The Labute approximate surface area is 171 Å². The second kappa shape index (κ2) is 7.77. The minimum Gasteiger partial charge on any atom is -0.325 e. The number of aryl methyl sites for hydroxylation is 2. The van der Waals surface area contributed by atoms with Crippen LogP contribution in [0.15, 0.2) is 47.6 Å². The van der Waals surface area contributed by atoms with Crippen LogP contribution in [-0.4, -0.2) is 31.4 Å². The van der Waals surface area contributed by atoms with Gasteiger partial charge in [0.25, 0.3) is 0 Å². The number of hydrogen-bond donors (Lipinski definition) is 1. The summed E-state index contributed by atoms with van der Waals surface area (Å²) in [6.07, 6.45) is 0. The number of aromatic nitrogens is 4. The highest BCUT2D eigenvalue weighted by Gasteiger charge is 2.14. The Morgan fingerprint density at radius 1 is 1.21 bits per heavy atom. The van der Waals surface area contributed by atoms with E-state index in [0.717, 1.165) is 34.2 Å². The molecule has 2 aromatic carbocycles. The van der Waals surface area contributed by atoms with Crippen molar-refractivity contribution in [3.05, 3.63) is 53.1 Å². The Morgan fingerprint density at radius 2 is 2.04 bits per heavy atom. The van der Waals surface area contributed by atoms with E-state index in [1.807, 2.05) is 37.3 Å². The molecule has 0 saturated heterocycles. The summed E-state index contributed by atoms with van der Waals surface area (Å²) in [7, 11) is 0. The maximum absolute atomic E-state index is 12.3. The van der Waals surface area contributed by atoms with Gasteiger partial charge in [-0.05, 0) is 37.6 Å². The van der Waals surface area contributed by atoms with Gasteiger partial charge in [0.1, 0.15) is 5.52 Å². The van der Waals surface area contributed by atoms with Crippen LogP contribution in [0.2, 0.25) is 5.02 Å². The first-order chi connectivity index (χ1) is 13.6. The number of thioether (sulfide) groups is 1. The quantitative estimate of drug-likeness (QED) is 0.482. The Bertz CT molecular complexity index is 1190. The number of halogens is 1. The Morgan fingerprint density at radius 3 is 2.82 bits per heavy atom. The van der Waals surface area contributed by atoms with E-state index in [2.05, 4.69) is 38.1 Å². The molecular formula is C20H18ClN5OS. The number of fused-ring (bicyclic) bond motifs is 3. The summed E-state index contributed by atoms with van der Waals surface area (Å²) < 4.78 is 2.11. The first-order valence-electron chi connectivity index (χ1n) is 8.87. The fourth-order valence-electron chi connectivity index (χ4n) is 3.07. The molecule has 0 aliphatic carbocycles. The van der Waals surface area contributed by atoms with Gasteiger partial charge in [-0.15, -0.1) is 10.2 Å². The highest BCUT2D eigenvalue weighted by Crippen LogP contribution is 2.27. The molecule has 0 saturated carbocycles. The summed E-state index contributed by atoms with van der Waals surface area (Å²) in [5.41, 5.74) is 4.28. The predicted octanol–water partition coefficient (Wildman–Crippen LogP) is 4.69. The summed E-state index contributed by atoms with van der Waals surface area (Å²) in [4.78, 5) is 16.9. The van der Waals surface area contributed by atoms with Gasteiger partial charge in [0.2, 0.25) is 11.1 Å². The summed E-state index contributed by atoms with van der Waals surface area (Å²) in [6.45, 7) is 4.77. The number of nitrogens with zero attached hydrogens (tertiary/aromatic N) is 4. The van der Waals surface area contributed by atoms with Crippen LogP contribution in [0.3, 0.4) is 0 Å². The lowest BCUT2D eigenvalue weighted by molar-refractivity contribution is -0.113. The van der Waals surface area contributed by atoms with E-state index in [9.17, 15) is 4.79 Å². The second-order valence-electron chi connectivity index (χ2n) is 6.33. The maximum atomic E-state index is 12.3. The normalized spacial score (nSPS) is 11.2. The summed E-state index contributed by atoms with van der Waals surface area (Å²) >= 11 is 7.36. The van der Waals surface area contributed by atoms with E-state index in [0.29, 0.717) is 15.9 Å². The first-order valence-corrected chi connectivity index (χ1v) is 10.2. The average molecular weight is 412 g/mol. The number of carbonyl (C=O) groups is 1. The minimum absolute atomic E-state index is 0.148. The van der Waals surface area contributed by atoms with Crippen molar-refractivity contribution in [2.75, 3.05) is 11.1 Å². The third-order valence-corrected chi connectivity index (χ3v) is 5.70. The van der Waals surface area contributed by atoms with Crippen LogP contribution in [0.5, 0.6) is 0 Å². The van der Waals surface area contributed by atoms with E-state index >= 15 is 0 Å². The monoisotopic (exact) mass is 411 g/mol. The third-order valence-electron chi connectivity index (χ3n) is 4.46. The zero-order valence-corrected chi connectivity index (χ0v) is 17.0. The van der Waals surface area contributed by atoms with Crippen LogP contribution < -0.4 is 5.32 Å². The topological polar surface area (TPSA) is 72.7 Å². The molecule has 0 fully saturated rings. The molecule has 8 heteroatoms. The fraction of sp³-hybridized carbons (Fsp3) is 0.200. The summed E-state index contributed by atoms with van der Waals surface area (Å²) in [5, 5.41) is 13.5. The first kappa shape index (κ1) is 18.7. The van der Waals surface area contributed by atoms with E-state index in [1.165, 1.54) is 11.8 Å². The van der Waals surface area contributed by atoms with Crippen LogP contribution in [0.25, 0.3) is 22.1 Å². The summed E-state index contributed by atoms with van der Waals surface area (Å²) in [6, 6.07) is 13.5. The highest BCUT2D eigenvalue weighted by atomic mass is 35.5. The molecule has 28 heavy (non-hydrogen) atoms. The largest absolute Gasteiger partial charge is 0.325 e. The van der Waals surface area contributed by atoms with Gasteiger partial charge >= 0.3 is 0 Å². The number of amides is 1. The molecule has 4 aromatic rings. The number of nitrogens with one attached hydrogen (secondary N) is 1. The van der Waals surface area contributed by atoms with Crippen LogP contribution in [-0.2, 0) is 11.3 Å². The van der Waals surface area contributed by atoms with Crippen molar-refractivity contribution in [1.82, 2.24) is 19.7 Å². The molecule has 0 spiro atoms. The van der Waals surface area contributed by atoms with Crippen LogP contribution in [0, 0.1) is 6.92 Å². The molecule has 2 heterocycles. The van der Waals surface area contributed by atoms with E-state index in [-0.39, 0.29) is 11.7 Å². The van der Waals surface area contributed by atoms with Gasteiger partial charge in [0, 0.05) is 22.6 Å². The molecule has 1 N–H and O–H groups in total. The number of benzene rings is 2. The molecule has 0 aliphatic heterocycles. The molecule has 0 unspecified atom stereocenters. The Hall–Kier alpha value is -2.64. The van der Waals surface area contributed by atoms with Gasteiger partial charge in [-0.25, -0.2) is 4.98 Å². The van der Waals surface area contributed by atoms with Crippen LogP contribution in [0.1, 0.15) is 12.5 Å². The lowest BCUT2D eigenvalue weighted by Crippen LogP contribution is -2.14. The van der Waals surface area contributed by atoms with Crippen LogP contribution >= 0.6 is 23.4 Å². The van der Waals surface area contributed by atoms with Crippen molar-refractivity contribution in [2.45, 2.75) is 25.5 Å². The van der Waals surface area contributed by atoms with Crippen molar-refractivity contribution in [2.24, 2.45) is 0 Å². The van der Waals surface area contributed by atoms with Gasteiger partial charge in [-0.1, -0.05) is 47.6 Å². The van der Waals surface area contributed by atoms with E-state index in [1.54, 1.807) is 6.07 Å². The van der Waals surface area contributed by atoms with Gasteiger partial charge in [-0.2, -0.15) is 0 Å². The lowest BCUT2D eigenvalue weighted by Gasteiger charge is -2.06. The molecule has 142 valence electrons. The zero-order valence-electron chi connectivity index (χ0n) is 15.4. The Balaban J connectivity index is 1.52. The van der Waals surface area contributed by atoms with Gasteiger partial charge < -0.3 is 9.88 Å². The zero-order chi connectivity index (χ0) is 19.7. The number of rotatable bonds is 5. The minimum atomic E-state index is -0.148. The Kier molecular flexibility index (Phi) is 5.19. The lowest BCUT2D eigenvalue weighted by atomic mass is 10.2. The molecule has 2 aromatic heterocycles. The molecule has 0 bridgehead atoms. The maximum Gasteiger partial charge on any atom is 0.234 e. The number of anilines is 1. The smallest absolute Gasteiger partial charge is 0.234 e. The highest BCUT2D eigenvalue weighted by molar-refractivity contribution is 7.99. The average Bonchev–Trinajstić information content (AvgIpc) is 3.02. The van der Waals surface area contributed by atoms with E-state index < -0.39 is 0 Å². The van der Waals surface area contributed by atoms with Crippen LogP contribution in [0.4, 0.5) is 5.69 Å². The van der Waals surface area contributed by atoms with Crippen molar-refractivity contribution in [3.63, 3.8) is 0 Å². The third kappa shape index (κ3) is 3.55. The second-order valence-corrected chi connectivity index (χ2v) is 7.68. The number of hydrogen-bond acceptors (Lipinski definition) is 5. The molecule has 0 atom stereocenters. The molecule has 1 amide bonds. The predicted molar refractivity (Wildman–Crippen MR) is 114 cm³/mol. The van der Waals surface area contributed by atoms with E-state index in [4.69, 9.17) is 11.6 Å². The molecule has 6 nitrogen and oxygen atoms in total. The molecule has 4 rings (SSSR count). The van der Waals surface area contributed by atoms with Crippen molar-refractivity contribution >= 4 is 57.0 Å². The van der Waals surface area contributed by atoms with Crippen molar-refractivity contribution < 1.29 is 4.79 Å². The number of carbonyl (C=O) groups excluding carboxylic acids is 1. The van der Waals surface area contributed by atoms with Gasteiger partial charge in [0.15, 0.2) is 5.65 Å². The molecule has 0 radical (unpaired) electrons. The SMILES string of the molecule is CCn1c2ccccc2c2nnc(SCC(=O)Nc3ccc(C)c(Cl)c3)nc21. The molecule has 0 aliphatic rings.